The van der Waals surface area contributed by atoms with E-state index in [2.05, 4.69) is 5.16 Å². The third-order valence-electron chi connectivity index (χ3n) is 2.04. The van der Waals surface area contributed by atoms with E-state index in [9.17, 15) is 13.2 Å². The summed E-state index contributed by atoms with van der Waals surface area (Å²) in [5.41, 5.74) is -0.865. The van der Waals surface area contributed by atoms with Crippen LogP contribution in [0.15, 0.2) is 5.16 Å². The van der Waals surface area contributed by atoms with Crippen molar-refractivity contribution in [3.8, 4) is 0 Å². The largest absolute Gasteiger partial charge is 0.432 e. The lowest BCUT2D eigenvalue weighted by Gasteiger charge is -2.32. The van der Waals surface area contributed by atoms with Crippen molar-refractivity contribution in [2.75, 3.05) is 0 Å². The van der Waals surface area contributed by atoms with Crippen LogP contribution in [0.3, 0.4) is 0 Å². The maximum atomic E-state index is 12.3. The number of hydrogen-bond donors (Lipinski definition) is 0. The molecule has 2 unspecified atom stereocenters. The number of hydrogen-bond acceptors (Lipinski definition) is 3. The second kappa shape index (κ2) is 4.36. The van der Waals surface area contributed by atoms with E-state index in [0.717, 1.165) is 0 Å². The number of halogens is 3. The Labute approximate surface area is 93.7 Å². The van der Waals surface area contributed by atoms with Gasteiger partial charge >= 0.3 is 6.18 Å². The summed E-state index contributed by atoms with van der Waals surface area (Å²) >= 11 is 0. The summed E-state index contributed by atoms with van der Waals surface area (Å²) < 4.78 is 42.6. The highest BCUT2D eigenvalue weighted by Gasteiger charge is 2.42. The van der Waals surface area contributed by atoms with Crippen LogP contribution in [0.5, 0.6) is 0 Å². The van der Waals surface area contributed by atoms with Crippen molar-refractivity contribution in [2.45, 2.75) is 45.5 Å². The third kappa shape index (κ3) is 3.78. The summed E-state index contributed by atoms with van der Waals surface area (Å²) in [6.45, 7) is 7.52. The number of rotatable bonds is 2. The molecule has 0 amide bonds. The van der Waals surface area contributed by atoms with Crippen LogP contribution in [0.25, 0.3) is 0 Å². The average Bonchev–Trinajstić information content (AvgIpc) is 2.04. The Balaban J connectivity index is 2.67. The lowest BCUT2D eigenvalue weighted by atomic mass is 10.0. The number of oxime groups is 1. The Hall–Kier alpha value is -0.563. The van der Waals surface area contributed by atoms with E-state index in [0.29, 0.717) is 0 Å². The van der Waals surface area contributed by atoms with E-state index in [1.807, 2.05) is 19.6 Å². The molecule has 1 aliphatic rings. The Morgan fingerprint density at radius 3 is 2.31 bits per heavy atom. The zero-order valence-electron chi connectivity index (χ0n) is 9.76. The van der Waals surface area contributed by atoms with Gasteiger partial charge in [0.25, 0.3) is 0 Å². The first-order valence-electron chi connectivity index (χ1n) is 5.07. The van der Waals surface area contributed by atoms with Crippen LogP contribution in [0.2, 0.25) is 19.6 Å². The minimum atomic E-state index is -4.40. The number of nitrogens with zero attached hydrogens (tertiary/aromatic N) is 1. The van der Waals surface area contributed by atoms with E-state index in [1.165, 1.54) is 0 Å². The van der Waals surface area contributed by atoms with Gasteiger partial charge in [0.05, 0.1) is 0 Å². The summed E-state index contributed by atoms with van der Waals surface area (Å²) in [5, 5.41) is 3.11. The summed E-state index contributed by atoms with van der Waals surface area (Å²) in [6, 6.07) is 0. The van der Waals surface area contributed by atoms with Gasteiger partial charge in [-0.2, -0.15) is 13.2 Å². The van der Waals surface area contributed by atoms with Gasteiger partial charge in [0.15, 0.2) is 14.0 Å². The maximum absolute atomic E-state index is 12.3. The standard InChI is InChI=1S/C9H16F3NO2Si/c1-6-5-7(9(10,11)12)13-14-8(6)15-16(2,3)4/h6,8H,5H2,1-4H3. The fourth-order valence-corrected chi connectivity index (χ4v) is 2.28. The molecule has 1 aliphatic heterocycles. The zero-order valence-corrected chi connectivity index (χ0v) is 10.8. The summed E-state index contributed by atoms with van der Waals surface area (Å²) in [7, 11) is -1.83. The van der Waals surface area contributed by atoms with E-state index in [-0.39, 0.29) is 12.3 Å². The fraction of sp³-hybridized carbons (Fsp3) is 0.889. The first-order chi connectivity index (χ1) is 7.09. The molecule has 0 aromatic carbocycles. The molecule has 16 heavy (non-hydrogen) atoms. The van der Waals surface area contributed by atoms with Crippen molar-refractivity contribution < 1.29 is 22.4 Å². The van der Waals surface area contributed by atoms with Gasteiger partial charge in [-0.05, 0) is 19.6 Å². The van der Waals surface area contributed by atoms with E-state index in [1.54, 1.807) is 6.92 Å². The molecule has 0 N–H and O–H groups in total. The molecule has 7 heteroatoms. The smallest absolute Gasteiger partial charge is 0.382 e. The third-order valence-corrected chi connectivity index (χ3v) is 2.98. The molecule has 0 aromatic rings. The van der Waals surface area contributed by atoms with Crippen LogP contribution in [-0.4, -0.2) is 26.5 Å². The van der Waals surface area contributed by atoms with Crippen LogP contribution in [0, 0.1) is 5.92 Å². The molecular weight excluding hydrogens is 239 g/mol. The molecule has 0 saturated heterocycles. The molecule has 0 aromatic heterocycles. The van der Waals surface area contributed by atoms with Crippen molar-refractivity contribution in [3.05, 3.63) is 0 Å². The molecule has 3 nitrogen and oxygen atoms in total. The predicted molar refractivity (Wildman–Crippen MR) is 56.6 cm³/mol. The summed E-state index contributed by atoms with van der Waals surface area (Å²) in [4.78, 5) is 4.79. The van der Waals surface area contributed by atoms with Crippen molar-refractivity contribution in [2.24, 2.45) is 11.1 Å². The van der Waals surface area contributed by atoms with Gasteiger partial charge in [-0.3, -0.25) is 0 Å². The number of alkyl halides is 3. The highest BCUT2D eigenvalue weighted by atomic mass is 28.4. The fourth-order valence-electron chi connectivity index (χ4n) is 1.31. The monoisotopic (exact) mass is 255 g/mol. The molecule has 0 aliphatic carbocycles. The van der Waals surface area contributed by atoms with Gasteiger partial charge in [0.1, 0.15) is 0 Å². The Kier molecular flexibility index (Phi) is 3.68. The van der Waals surface area contributed by atoms with E-state index in [4.69, 9.17) is 9.26 Å². The van der Waals surface area contributed by atoms with Gasteiger partial charge in [-0.1, -0.05) is 12.1 Å². The molecule has 1 rings (SSSR count). The minimum absolute atomic E-state index is 0.154. The van der Waals surface area contributed by atoms with Crippen molar-refractivity contribution in [1.82, 2.24) is 0 Å². The van der Waals surface area contributed by atoms with Gasteiger partial charge in [0, 0.05) is 12.3 Å². The first-order valence-corrected chi connectivity index (χ1v) is 8.48. The average molecular weight is 255 g/mol. The van der Waals surface area contributed by atoms with Gasteiger partial charge in [-0.15, -0.1) is 0 Å². The van der Waals surface area contributed by atoms with Gasteiger partial charge < -0.3 is 9.26 Å². The highest BCUT2D eigenvalue weighted by Crippen LogP contribution is 2.29. The quantitative estimate of drug-likeness (QED) is 0.710. The molecule has 1 heterocycles. The minimum Gasteiger partial charge on any atom is -0.382 e. The molecule has 0 radical (unpaired) electrons. The van der Waals surface area contributed by atoms with Crippen LogP contribution < -0.4 is 0 Å². The lowest BCUT2D eigenvalue weighted by molar-refractivity contribution is -0.136. The zero-order chi connectivity index (χ0) is 12.6. The van der Waals surface area contributed by atoms with Crippen molar-refractivity contribution >= 4 is 14.0 Å². The molecule has 2 atom stereocenters. The topological polar surface area (TPSA) is 30.8 Å². The normalized spacial score (nSPS) is 27.3. The van der Waals surface area contributed by atoms with E-state index >= 15 is 0 Å². The Morgan fingerprint density at radius 2 is 1.94 bits per heavy atom. The molecule has 0 bridgehead atoms. The van der Waals surface area contributed by atoms with Crippen LogP contribution in [0.1, 0.15) is 13.3 Å². The summed E-state index contributed by atoms with van der Waals surface area (Å²) in [6.07, 6.45) is -5.21. The van der Waals surface area contributed by atoms with E-state index < -0.39 is 26.5 Å². The van der Waals surface area contributed by atoms with Crippen LogP contribution >= 0.6 is 0 Å². The SMILES string of the molecule is CC1CC(C(F)(F)F)=NOC1O[Si](C)(C)C. The summed E-state index contributed by atoms with van der Waals surface area (Å²) in [5.74, 6) is -0.333. The van der Waals surface area contributed by atoms with Gasteiger partial charge in [0.2, 0.25) is 6.29 Å². The lowest BCUT2D eigenvalue weighted by Crippen LogP contribution is -2.41. The second-order valence-corrected chi connectivity index (χ2v) is 9.38. The predicted octanol–water partition coefficient (Wildman–Crippen LogP) is 3.14. The first kappa shape index (κ1) is 13.5. The molecule has 0 spiro atoms. The molecule has 0 saturated carbocycles. The maximum Gasteiger partial charge on any atom is 0.432 e. The Bertz CT molecular complexity index is 285. The van der Waals surface area contributed by atoms with Crippen molar-refractivity contribution in [3.63, 3.8) is 0 Å². The van der Waals surface area contributed by atoms with Gasteiger partial charge in [-0.25, -0.2) is 0 Å². The Morgan fingerprint density at radius 1 is 1.38 bits per heavy atom. The molecular formula is C9H16F3NO2Si. The van der Waals surface area contributed by atoms with Crippen LogP contribution in [-0.2, 0) is 9.26 Å². The highest BCUT2D eigenvalue weighted by molar-refractivity contribution is 6.69. The molecule has 94 valence electrons. The second-order valence-electron chi connectivity index (χ2n) is 4.92. The van der Waals surface area contributed by atoms with Crippen LogP contribution in [0.4, 0.5) is 13.2 Å². The van der Waals surface area contributed by atoms with Crippen molar-refractivity contribution in [1.29, 1.82) is 0 Å². The molecule has 0 fully saturated rings.